The van der Waals surface area contributed by atoms with Crippen LogP contribution in [0.4, 0.5) is 5.69 Å². The van der Waals surface area contributed by atoms with Gasteiger partial charge < -0.3 is 5.11 Å². The summed E-state index contributed by atoms with van der Waals surface area (Å²) in [5.74, 6) is -0.745. The molecule has 0 amide bonds. The van der Waals surface area contributed by atoms with E-state index in [0.29, 0.717) is 5.69 Å². The third kappa shape index (κ3) is 6.98. The van der Waals surface area contributed by atoms with Gasteiger partial charge in [-0.05, 0) is 49.9 Å². The molecule has 1 aromatic carbocycles. The zero-order valence-corrected chi connectivity index (χ0v) is 17.4. The van der Waals surface area contributed by atoms with Crippen molar-refractivity contribution in [2.45, 2.75) is 37.5 Å². The molecule has 0 aromatic heterocycles. The first-order valence-corrected chi connectivity index (χ1v) is 8.67. The van der Waals surface area contributed by atoms with E-state index in [1.807, 2.05) is 5.01 Å². The summed E-state index contributed by atoms with van der Waals surface area (Å²) in [6, 6.07) is 5.84. The van der Waals surface area contributed by atoms with Gasteiger partial charge in [0.1, 0.15) is 0 Å². The van der Waals surface area contributed by atoms with Crippen LogP contribution >= 0.6 is 0 Å². The van der Waals surface area contributed by atoms with Gasteiger partial charge >= 0.3 is 51.4 Å². The molecule has 0 spiro atoms. The van der Waals surface area contributed by atoms with Gasteiger partial charge in [0, 0.05) is 13.1 Å². The number of hydrogen-bond acceptors (Lipinski definition) is 5. The Morgan fingerprint density at radius 2 is 1.65 bits per heavy atom. The summed E-state index contributed by atoms with van der Waals surface area (Å²) < 4.78 is 26.6. The smallest absolute Gasteiger partial charge is 0.861 e. The second-order valence-electron chi connectivity index (χ2n) is 5.14. The molecule has 0 unspecified atom stereocenters. The van der Waals surface area contributed by atoms with Crippen molar-refractivity contribution in [1.82, 2.24) is 5.01 Å². The fraction of sp³-hybridized carbons (Fsp3) is 0.500. The van der Waals surface area contributed by atoms with E-state index < -0.39 is 15.9 Å². The van der Waals surface area contributed by atoms with E-state index in [4.69, 9.17) is 0 Å². The summed E-state index contributed by atoms with van der Waals surface area (Å²) in [5, 5.41) is 21.1. The minimum atomic E-state index is -3.92. The number of hydrogen-bond donors (Lipinski definition) is 0. The molecule has 7 nitrogen and oxygen atoms in total. The quantitative estimate of drug-likeness (QED) is 0.298. The molecule has 0 aliphatic carbocycles. The summed E-state index contributed by atoms with van der Waals surface area (Å²) in [6.07, 6.45) is 4.67. The maximum atomic E-state index is 11.7. The molecule has 1 heterocycles. The average Bonchev–Trinajstić information content (AvgIpc) is 2.73. The Morgan fingerprint density at radius 3 is 2.17 bits per heavy atom. The molecule has 0 bridgehead atoms. The van der Waals surface area contributed by atoms with Crippen LogP contribution in [-0.4, -0.2) is 32.4 Å². The molecule has 1 saturated heterocycles. The van der Waals surface area contributed by atoms with Gasteiger partial charge in [-0.25, -0.2) is 0 Å². The van der Waals surface area contributed by atoms with E-state index in [0.717, 1.165) is 32.9 Å². The standard InChI is InChI=1S/C14H20N4O3S.K/c1-12(19)16-22(20,21)14-8-6-13(7-9-14)15-17-18-10-4-2-3-5-11-18;/h6-9H,2-5,10-11H2,1H3,(H,16,19);/q;+1/p-1. The van der Waals surface area contributed by atoms with Crippen molar-refractivity contribution in [3.63, 3.8) is 0 Å². The molecule has 1 fully saturated rings. The second-order valence-corrected chi connectivity index (χ2v) is 6.74. The first-order chi connectivity index (χ1) is 10.5. The first-order valence-electron chi connectivity index (χ1n) is 7.23. The van der Waals surface area contributed by atoms with Crippen molar-refractivity contribution in [2.75, 3.05) is 13.1 Å². The maximum Gasteiger partial charge on any atom is 1.00 e. The van der Waals surface area contributed by atoms with Crippen LogP contribution in [0.25, 0.3) is 0 Å². The Bertz CT molecular complexity index is 647. The minimum Gasteiger partial charge on any atom is -0.861 e. The molecule has 1 aromatic rings. The van der Waals surface area contributed by atoms with Crippen molar-refractivity contribution >= 4 is 21.6 Å². The van der Waals surface area contributed by atoms with Gasteiger partial charge in [-0.2, -0.15) is 12.8 Å². The molecule has 0 atom stereocenters. The number of benzene rings is 1. The fourth-order valence-electron chi connectivity index (χ4n) is 2.17. The number of nitrogens with zero attached hydrogens (tertiary/aromatic N) is 4. The molecule has 0 N–H and O–H groups in total. The van der Waals surface area contributed by atoms with E-state index in [1.165, 1.54) is 25.0 Å². The number of sulfonamides is 1. The molecule has 0 radical (unpaired) electrons. The SMILES string of the molecule is C/C([O-])=N\S(=O)(=O)c1ccc(N=NN2CCCCCC2)cc1.[K+]. The van der Waals surface area contributed by atoms with E-state index in [9.17, 15) is 13.5 Å². The number of rotatable bonds is 4. The summed E-state index contributed by atoms with van der Waals surface area (Å²) in [5.41, 5.74) is 0.561. The first kappa shape index (κ1) is 20.7. The van der Waals surface area contributed by atoms with Crippen LogP contribution in [0.5, 0.6) is 0 Å². The second kappa shape index (κ2) is 9.85. The predicted octanol–water partition coefficient (Wildman–Crippen LogP) is -0.967. The van der Waals surface area contributed by atoms with Crippen molar-refractivity contribution in [1.29, 1.82) is 0 Å². The molecule has 9 heteroatoms. The summed E-state index contributed by atoms with van der Waals surface area (Å²) in [6.45, 7) is 2.89. The van der Waals surface area contributed by atoms with E-state index in [-0.39, 0.29) is 56.3 Å². The molecule has 0 saturated carbocycles. The topological polar surface area (TPSA) is 97.5 Å². The molecular formula is C14H19KN4O3S. The van der Waals surface area contributed by atoms with Crippen LogP contribution in [0.1, 0.15) is 32.6 Å². The van der Waals surface area contributed by atoms with Gasteiger partial charge in [0.15, 0.2) is 0 Å². The Kier molecular flexibility index (Phi) is 8.87. The fourth-order valence-corrected chi connectivity index (χ4v) is 3.09. The molecule has 1 aliphatic rings. The average molecular weight is 362 g/mol. The van der Waals surface area contributed by atoms with Gasteiger partial charge in [0.25, 0.3) is 10.0 Å². The Balaban J connectivity index is 0.00000264. The van der Waals surface area contributed by atoms with Crippen LogP contribution in [0.2, 0.25) is 0 Å². The van der Waals surface area contributed by atoms with Gasteiger partial charge in [0.05, 0.1) is 10.6 Å². The van der Waals surface area contributed by atoms with E-state index in [2.05, 4.69) is 14.7 Å². The van der Waals surface area contributed by atoms with Crippen LogP contribution in [0, 0.1) is 0 Å². The van der Waals surface area contributed by atoms with Crippen molar-refractivity contribution in [2.24, 2.45) is 14.7 Å². The van der Waals surface area contributed by atoms with Gasteiger partial charge in [-0.1, -0.05) is 18.1 Å². The van der Waals surface area contributed by atoms with Gasteiger partial charge in [-0.3, -0.25) is 5.01 Å². The van der Waals surface area contributed by atoms with Gasteiger partial charge in [0.2, 0.25) is 0 Å². The van der Waals surface area contributed by atoms with Crippen molar-refractivity contribution in [3.8, 4) is 0 Å². The summed E-state index contributed by atoms with van der Waals surface area (Å²) in [7, 11) is -3.92. The van der Waals surface area contributed by atoms with Crippen LogP contribution < -0.4 is 56.5 Å². The zero-order chi connectivity index (χ0) is 16.0. The normalized spacial score (nSPS) is 16.9. The predicted molar refractivity (Wildman–Crippen MR) is 81.3 cm³/mol. The summed E-state index contributed by atoms with van der Waals surface area (Å²) >= 11 is 0. The van der Waals surface area contributed by atoms with Crippen molar-refractivity contribution < 1.29 is 64.9 Å². The Morgan fingerprint density at radius 1 is 1.09 bits per heavy atom. The molecular weight excluding hydrogens is 343 g/mol. The van der Waals surface area contributed by atoms with E-state index in [1.54, 1.807) is 12.1 Å². The van der Waals surface area contributed by atoms with Crippen LogP contribution in [-0.2, 0) is 10.0 Å². The third-order valence-electron chi connectivity index (χ3n) is 3.25. The Hall–Kier alpha value is -0.324. The van der Waals surface area contributed by atoms with Crippen LogP contribution in [0.3, 0.4) is 0 Å². The molecule has 2 rings (SSSR count). The minimum absolute atomic E-state index is 0. The zero-order valence-electron chi connectivity index (χ0n) is 13.5. The molecule has 1 aliphatic heterocycles. The van der Waals surface area contributed by atoms with Gasteiger partial charge in [-0.15, -0.1) is 5.11 Å². The monoisotopic (exact) mass is 362 g/mol. The molecule has 120 valence electrons. The summed E-state index contributed by atoms with van der Waals surface area (Å²) in [4.78, 5) is -0.0311. The van der Waals surface area contributed by atoms with E-state index >= 15 is 0 Å². The Labute approximate surface area is 179 Å². The third-order valence-corrected chi connectivity index (χ3v) is 4.62. The maximum absolute atomic E-state index is 11.7. The molecule has 23 heavy (non-hydrogen) atoms. The largest absolute Gasteiger partial charge is 1.00 e. The van der Waals surface area contributed by atoms with Crippen LogP contribution in [0.15, 0.2) is 43.9 Å². The van der Waals surface area contributed by atoms with Crippen molar-refractivity contribution in [3.05, 3.63) is 24.3 Å².